The van der Waals surface area contributed by atoms with Crippen LogP contribution in [-0.2, 0) is 6.42 Å². The summed E-state index contributed by atoms with van der Waals surface area (Å²) in [5.74, 6) is 1.56. The lowest BCUT2D eigenvalue weighted by atomic mass is 10.0. The second-order valence-corrected chi connectivity index (χ2v) is 6.59. The Morgan fingerprint density at radius 1 is 1.14 bits per heavy atom. The van der Waals surface area contributed by atoms with E-state index in [-0.39, 0.29) is 5.82 Å². The van der Waals surface area contributed by atoms with Gasteiger partial charge in [0.25, 0.3) is 0 Å². The highest BCUT2D eigenvalue weighted by Crippen LogP contribution is 2.36. The molecule has 1 aliphatic carbocycles. The Morgan fingerprint density at radius 3 is 2.48 bits per heavy atom. The highest BCUT2D eigenvalue weighted by molar-refractivity contribution is 14.1. The van der Waals surface area contributed by atoms with E-state index in [1.165, 1.54) is 37.8 Å². The highest BCUT2D eigenvalue weighted by Gasteiger charge is 2.23. The average Bonchev–Trinajstić information content (AvgIpc) is 2.99. The molecule has 110 valence electrons. The van der Waals surface area contributed by atoms with Gasteiger partial charge in [-0.2, -0.15) is 0 Å². The number of rotatable bonds is 3. The fourth-order valence-electron chi connectivity index (χ4n) is 2.87. The maximum Gasteiger partial charge on any atom is 0.140 e. The van der Waals surface area contributed by atoms with Crippen LogP contribution >= 0.6 is 22.6 Å². The number of aromatic nitrogens is 2. The summed E-state index contributed by atoms with van der Waals surface area (Å²) in [4.78, 5) is 9.13. The number of hydrogen-bond acceptors (Lipinski definition) is 3. The average molecular weight is 397 g/mol. The minimum Gasteiger partial charge on any atom is -0.383 e. The first-order valence-electron chi connectivity index (χ1n) is 7.19. The van der Waals surface area contributed by atoms with Crippen LogP contribution in [0.25, 0.3) is 0 Å². The molecule has 2 N–H and O–H groups in total. The normalized spacial score (nSPS) is 15.5. The standard InChI is InChI=1S/C16H17FIN3/c17-12-7-5-10(6-8-12)9-13-20-15(11-3-1-2-4-11)14(18)16(19)21-13/h5-8,11H,1-4,9H2,(H2,19,20,21). The number of halogens is 2. The van der Waals surface area contributed by atoms with Gasteiger partial charge < -0.3 is 5.73 Å². The van der Waals surface area contributed by atoms with Crippen LogP contribution in [0.3, 0.4) is 0 Å². The number of hydrogen-bond donors (Lipinski definition) is 1. The molecule has 2 aromatic rings. The van der Waals surface area contributed by atoms with Crippen molar-refractivity contribution in [3.05, 3.63) is 50.7 Å². The van der Waals surface area contributed by atoms with Crippen molar-refractivity contribution in [1.29, 1.82) is 0 Å². The molecule has 21 heavy (non-hydrogen) atoms. The summed E-state index contributed by atoms with van der Waals surface area (Å²) in [6.07, 6.45) is 5.47. The lowest BCUT2D eigenvalue weighted by Gasteiger charge is -2.14. The molecule has 0 unspecified atom stereocenters. The van der Waals surface area contributed by atoms with E-state index < -0.39 is 0 Å². The van der Waals surface area contributed by atoms with Crippen LogP contribution in [-0.4, -0.2) is 9.97 Å². The van der Waals surface area contributed by atoms with Crippen molar-refractivity contribution in [2.75, 3.05) is 5.73 Å². The van der Waals surface area contributed by atoms with Crippen molar-refractivity contribution in [2.24, 2.45) is 0 Å². The third kappa shape index (κ3) is 3.33. The maximum absolute atomic E-state index is 13.0. The zero-order valence-corrected chi connectivity index (χ0v) is 13.8. The predicted octanol–water partition coefficient (Wildman–Crippen LogP) is 4.05. The molecule has 0 saturated heterocycles. The topological polar surface area (TPSA) is 51.8 Å². The van der Waals surface area contributed by atoms with Gasteiger partial charge in [0.05, 0.1) is 9.26 Å². The summed E-state index contributed by atoms with van der Waals surface area (Å²) in [6, 6.07) is 6.46. The molecule has 1 aromatic heterocycles. The number of anilines is 1. The van der Waals surface area contributed by atoms with Gasteiger partial charge in [0.15, 0.2) is 0 Å². The van der Waals surface area contributed by atoms with Crippen molar-refractivity contribution in [2.45, 2.75) is 38.0 Å². The third-order valence-electron chi connectivity index (χ3n) is 3.97. The van der Waals surface area contributed by atoms with Gasteiger partial charge in [-0.3, -0.25) is 0 Å². The van der Waals surface area contributed by atoms with E-state index >= 15 is 0 Å². The molecule has 0 spiro atoms. The minimum absolute atomic E-state index is 0.228. The van der Waals surface area contributed by atoms with Crippen LogP contribution in [0.5, 0.6) is 0 Å². The van der Waals surface area contributed by atoms with Gasteiger partial charge in [-0.1, -0.05) is 25.0 Å². The molecule has 0 aliphatic heterocycles. The quantitative estimate of drug-likeness (QED) is 0.796. The summed E-state index contributed by atoms with van der Waals surface area (Å²) in [6.45, 7) is 0. The van der Waals surface area contributed by atoms with E-state index in [4.69, 9.17) is 10.7 Å². The summed E-state index contributed by atoms with van der Waals surface area (Å²) in [7, 11) is 0. The van der Waals surface area contributed by atoms with E-state index in [0.29, 0.717) is 18.2 Å². The zero-order valence-electron chi connectivity index (χ0n) is 11.6. The minimum atomic E-state index is -0.228. The molecule has 0 amide bonds. The van der Waals surface area contributed by atoms with Crippen molar-refractivity contribution < 1.29 is 4.39 Å². The molecule has 1 fully saturated rings. The second kappa shape index (κ2) is 6.25. The van der Waals surface area contributed by atoms with E-state index in [1.807, 2.05) is 0 Å². The van der Waals surface area contributed by atoms with Gasteiger partial charge in [0.2, 0.25) is 0 Å². The van der Waals surface area contributed by atoms with Gasteiger partial charge in [0.1, 0.15) is 17.5 Å². The number of nitrogens with two attached hydrogens (primary N) is 1. The van der Waals surface area contributed by atoms with Crippen LogP contribution in [0.1, 0.15) is 48.7 Å². The first kappa shape index (κ1) is 14.7. The molecule has 1 aromatic carbocycles. The zero-order chi connectivity index (χ0) is 14.8. The van der Waals surface area contributed by atoms with Crippen LogP contribution in [0.4, 0.5) is 10.2 Å². The molecule has 5 heteroatoms. The van der Waals surface area contributed by atoms with Crippen molar-refractivity contribution in [1.82, 2.24) is 9.97 Å². The van der Waals surface area contributed by atoms with Crippen LogP contribution in [0, 0.1) is 9.39 Å². The Labute approximate surface area is 137 Å². The monoisotopic (exact) mass is 397 g/mol. The summed E-state index contributed by atoms with van der Waals surface area (Å²) in [5.41, 5.74) is 8.14. The summed E-state index contributed by atoms with van der Waals surface area (Å²) in [5, 5.41) is 0. The molecule has 3 nitrogen and oxygen atoms in total. The maximum atomic E-state index is 13.0. The molecule has 1 aliphatic rings. The molecular formula is C16H17FIN3. The van der Waals surface area contributed by atoms with E-state index in [9.17, 15) is 4.39 Å². The number of benzene rings is 1. The molecule has 0 atom stereocenters. The number of nitrogens with zero attached hydrogens (tertiary/aromatic N) is 2. The Morgan fingerprint density at radius 2 is 1.81 bits per heavy atom. The molecular weight excluding hydrogens is 380 g/mol. The smallest absolute Gasteiger partial charge is 0.140 e. The lowest BCUT2D eigenvalue weighted by Crippen LogP contribution is -2.10. The van der Waals surface area contributed by atoms with Crippen LogP contribution in [0.15, 0.2) is 24.3 Å². The van der Waals surface area contributed by atoms with Crippen molar-refractivity contribution in [3.8, 4) is 0 Å². The first-order chi connectivity index (χ1) is 10.1. The van der Waals surface area contributed by atoms with E-state index in [1.54, 1.807) is 12.1 Å². The van der Waals surface area contributed by atoms with Crippen molar-refractivity contribution >= 4 is 28.4 Å². The molecule has 3 rings (SSSR count). The summed E-state index contributed by atoms with van der Waals surface area (Å²) >= 11 is 2.25. The fourth-order valence-corrected chi connectivity index (χ4v) is 3.55. The highest BCUT2D eigenvalue weighted by atomic mass is 127. The fraction of sp³-hybridized carbons (Fsp3) is 0.375. The van der Waals surface area contributed by atoms with Gasteiger partial charge in [-0.25, -0.2) is 14.4 Å². The SMILES string of the molecule is Nc1nc(Cc2ccc(F)cc2)nc(C2CCCC2)c1I. The lowest BCUT2D eigenvalue weighted by molar-refractivity contribution is 0.627. The van der Waals surface area contributed by atoms with Crippen molar-refractivity contribution in [3.63, 3.8) is 0 Å². The third-order valence-corrected chi connectivity index (χ3v) is 5.07. The largest absolute Gasteiger partial charge is 0.383 e. The molecule has 1 saturated carbocycles. The number of nitrogen functional groups attached to an aromatic ring is 1. The molecule has 0 radical (unpaired) electrons. The first-order valence-corrected chi connectivity index (χ1v) is 8.27. The molecule has 0 bridgehead atoms. The van der Waals surface area contributed by atoms with Crippen LogP contribution < -0.4 is 5.73 Å². The van der Waals surface area contributed by atoms with Gasteiger partial charge >= 0.3 is 0 Å². The summed E-state index contributed by atoms with van der Waals surface area (Å²) < 4.78 is 13.9. The Kier molecular flexibility index (Phi) is 4.37. The van der Waals surface area contributed by atoms with E-state index in [0.717, 1.165) is 20.7 Å². The van der Waals surface area contributed by atoms with Crippen LogP contribution in [0.2, 0.25) is 0 Å². The van der Waals surface area contributed by atoms with E-state index in [2.05, 4.69) is 27.6 Å². The second-order valence-electron chi connectivity index (χ2n) is 5.51. The molecule has 1 heterocycles. The Bertz CT molecular complexity index is 637. The Balaban J connectivity index is 1.90. The Hall–Kier alpha value is -1.24. The predicted molar refractivity (Wildman–Crippen MR) is 89.6 cm³/mol. The van der Waals surface area contributed by atoms with Gasteiger partial charge in [-0.05, 0) is 53.1 Å². The van der Waals surface area contributed by atoms with Gasteiger partial charge in [-0.15, -0.1) is 0 Å². The van der Waals surface area contributed by atoms with Gasteiger partial charge in [0, 0.05) is 12.3 Å².